The van der Waals surface area contributed by atoms with Gasteiger partial charge < -0.3 is 9.47 Å². The zero-order valence-electron chi connectivity index (χ0n) is 14.5. The number of ether oxygens (including phenoxy) is 2. The van der Waals surface area contributed by atoms with Crippen molar-refractivity contribution in [2.45, 2.75) is 6.92 Å². The molecule has 1 aliphatic heterocycles. The Kier molecular flexibility index (Phi) is 4.53. The molecule has 2 amide bonds. The van der Waals surface area contributed by atoms with Crippen LogP contribution < -0.4 is 4.90 Å². The number of hydrogen-bond acceptors (Lipinski definition) is 6. The monoisotopic (exact) mass is 352 g/mol. The van der Waals surface area contributed by atoms with E-state index in [-0.39, 0.29) is 17.1 Å². The number of esters is 1. The molecule has 0 spiro atoms. The van der Waals surface area contributed by atoms with Crippen molar-refractivity contribution in [1.82, 2.24) is 4.98 Å². The van der Waals surface area contributed by atoms with Crippen LogP contribution in [0.5, 0.6) is 0 Å². The topological polar surface area (TPSA) is 85.8 Å². The SMILES string of the molecule is COC(=O)c1ccc2c(n1)N(C(C)=O)C(=O)/C2=C(/OC)c1ccccc1. The standard InChI is InChI=1S/C19H16N2O5/c1-11(22)21-17-13(9-10-14(20-17)19(24)26-3)15(18(21)23)16(25-2)12-7-5-4-6-8-12/h4-10H,1-3H3/b16-15+. The van der Waals surface area contributed by atoms with Gasteiger partial charge in [-0.25, -0.2) is 14.7 Å². The Morgan fingerprint density at radius 3 is 2.27 bits per heavy atom. The second kappa shape index (κ2) is 6.79. The molecule has 2 heterocycles. The summed E-state index contributed by atoms with van der Waals surface area (Å²) < 4.78 is 10.1. The van der Waals surface area contributed by atoms with Gasteiger partial charge in [0, 0.05) is 18.1 Å². The highest BCUT2D eigenvalue weighted by atomic mass is 16.5. The molecule has 26 heavy (non-hydrogen) atoms. The highest BCUT2D eigenvalue weighted by Crippen LogP contribution is 2.40. The first-order chi connectivity index (χ1) is 12.5. The summed E-state index contributed by atoms with van der Waals surface area (Å²) in [5.74, 6) is -1.30. The predicted molar refractivity (Wildman–Crippen MR) is 94.0 cm³/mol. The van der Waals surface area contributed by atoms with E-state index < -0.39 is 17.8 Å². The first-order valence-corrected chi connectivity index (χ1v) is 7.78. The zero-order chi connectivity index (χ0) is 18.8. The van der Waals surface area contributed by atoms with E-state index in [1.165, 1.54) is 27.2 Å². The number of rotatable bonds is 3. The average molecular weight is 352 g/mol. The minimum Gasteiger partial charge on any atom is -0.495 e. The van der Waals surface area contributed by atoms with Crippen molar-refractivity contribution in [2.75, 3.05) is 19.1 Å². The number of benzene rings is 1. The molecular formula is C19H16N2O5. The van der Waals surface area contributed by atoms with Crippen LogP contribution in [-0.4, -0.2) is 37.0 Å². The van der Waals surface area contributed by atoms with E-state index in [9.17, 15) is 14.4 Å². The summed E-state index contributed by atoms with van der Waals surface area (Å²) in [6, 6.07) is 12.1. The van der Waals surface area contributed by atoms with Gasteiger partial charge in [-0.2, -0.15) is 0 Å². The molecule has 0 saturated carbocycles. The molecule has 1 aromatic carbocycles. The Morgan fingerprint density at radius 2 is 1.69 bits per heavy atom. The molecule has 2 aromatic rings. The molecule has 0 aliphatic carbocycles. The van der Waals surface area contributed by atoms with Gasteiger partial charge in [-0.1, -0.05) is 30.3 Å². The molecule has 7 nitrogen and oxygen atoms in total. The predicted octanol–water partition coefficient (Wildman–Crippen LogP) is 2.28. The number of carbonyl (C=O) groups excluding carboxylic acids is 3. The molecule has 0 atom stereocenters. The summed E-state index contributed by atoms with van der Waals surface area (Å²) in [6.07, 6.45) is 0. The van der Waals surface area contributed by atoms with Crippen LogP contribution >= 0.6 is 0 Å². The van der Waals surface area contributed by atoms with Crippen LogP contribution in [0.1, 0.15) is 28.5 Å². The molecule has 1 aliphatic rings. The fourth-order valence-electron chi connectivity index (χ4n) is 2.82. The molecule has 0 fully saturated rings. The van der Waals surface area contributed by atoms with Gasteiger partial charge >= 0.3 is 5.97 Å². The summed E-state index contributed by atoms with van der Waals surface area (Å²) >= 11 is 0. The first kappa shape index (κ1) is 17.3. The number of amides is 2. The van der Waals surface area contributed by atoms with Gasteiger partial charge in [0.2, 0.25) is 5.91 Å². The van der Waals surface area contributed by atoms with Crippen LogP contribution in [-0.2, 0) is 19.1 Å². The van der Waals surface area contributed by atoms with Gasteiger partial charge in [0.15, 0.2) is 11.5 Å². The van der Waals surface area contributed by atoms with Gasteiger partial charge in [-0.15, -0.1) is 0 Å². The molecular weight excluding hydrogens is 336 g/mol. The van der Waals surface area contributed by atoms with E-state index in [0.29, 0.717) is 16.9 Å². The highest BCUT2D eigenvalue weighted by molar-refractivity contribution is 6.42. The van der Waals surface area contributed by atoms with Crippen molar-refractivity contribution in [1.29, 1.82) is 0 Å². The molecule has 7 heteroatoms. The molecule has 0 N–H and O–H groups in total. The molecule has 3 rings (SSSR count). The molecule has 132 valence electrons. The van der Waals surface area contributed by atoms with Crippen molar-refractivity contribution in [2.24, 2.45) is 0 Å². The first-order valence-electron chi connectivity index (χ1n) is 7.78. The largest absolute Gasteiger partial charge is 0.495 e. The smallest absolute Gasteiger partial charge is 0.356 e. The van der Waals surface area contributed by atoms with Crippen molar-refractivity contribution in [3.05, 3.63) is 59.3 Å². The molecule has 0 saturated heterocycles. The quantitative estimate of drug-likeness (QED) is 0.479. The Balaban J connectivity index is 2.27. The van der Waals surface area contributed by atoms with E-state index in [2.05, 4.69) is 9.72 Å². The number of imide groups is 1. The second-order valence-electron chi connectivity index (χ2n) is 5.49. The van der Waals surface area contributed by atoms with Crippen molar-refractivity contribution >= 4 is 34.9 Å². The van der Waals surface area contributed by atoms with Crippen molar-refractivity contribution < 1.29 is 23.9 Å². The maximum atomic E-state index is 12.9. The van der Waals surface area contributed by atoms with Crippen LogP contribution in [0.2, 0.25) is 0 Å². The Morgan fingerprint density at radius 1 is 1.00 bits per heavy atom. The average Bonchev–Trinajstić information content (AvgIpc) is 2.94. The number of methoxy groups -OCH3 is 2. The minimum absolute atomic E-state index is 0.00484. The molecule has 0 bridgehead atoms. The lowest BCUT2D eigenvalue weighted by Crippen LogP contribution is -2.32. The zero-order valence-corrected chi connectivity index (χ0v) is 14.5. The maximum Gasteiger partial charge on any atom is 0.356 e. The van der Waals surface area contributed by atoms with Gasteiger partial charge in [0.25, 0.3) is 5.91 Å². The number of carbonyl (C=O) groups is 3. The van der Waals surface area contributed by atoms with E-state index >= 15 is 0 Å². The molecule has 0 radical (unpaired) electrons. The van der Waals surface area contributed by atoms with E-state index in [4.69, 9.17) is 4.74 Å². The van der Waals surface area contributed by atoms with E-state index in [1.807, 2.05) is 18.2 Å². The number of fused-ring (bicyclic) bond motifs is 1. The number of aromatic nitrogens is 1. The van der Waals surface area contributed by atoms with Gasteiger partial charge in [-0.3, -0.25) is 9.59 Å². The number of anilines is 1. The van der Waals surface area contributed by atoms with Crippen molar-refractivity contribution in [3.8, 4) is 0 Å². The molecule has 1 aromatic heterocycles. The number of pyridine rings is 1. The Labute approximate surface area is 149 Å². The fraction of sp³-hybridized carbons (Fsp3) is 0.158. The molecule has 0 unspecified atom stereocenters. The van der Waals surface area contributed by atoms with Gasteiger partial charge in [0.1, 0.15) is 5.76 Å². The van der Waals surface area contributed by atoms with Crippen molar-refractivity contribution in [3.63, 3.8) is 0 Å². The van der Waals surface area contributed by atoms with E-state index in [1.54, 1.807) is 18.2 Å². The van der Waals surface area contributed by atoms with E-state index in [0.717, 1.165) is 4.90 Å². The van der Waals surface area contributed by atoms with Crippen LogP contribution in [0.3, 0.4) is 0 Å². The lowest BCUT2D eigenvalue weighted by molar-refractivity contribution is -0.122. The number of nitrogens with zero attached hydrogens (tertiary/aromatic N) is 2. The third-order valence-electron chi connectivity index (χ3n) is 3.95. The number of hydrogen-bond donors (Lipinski definition) is 0. The van der Waals surface area contributed by atoms with Crippen LogP contribution in [0.4, 0.5) is 5.82 Å². The van der Waals surface area contributed by atoms with Gasteiger partial charge in [-0.05, 0) is 12.1 Å². The third-order valence-corrected chi connectivity index (χ3v) is 3.95. The summed E-state index contributed by atoms with van der Waals surface area (Å²) in [7, 11) is 2.68. The van der Waals surface area contributed by atoms with Gasteiger partial charge in [0.05, 0.1) is 19.8 Å². The third kappa shape index (κ3) is 2.73. The normalized spacial score (nSPS) is 14.7. The maximum absolute atomic E-state index is 12.9. The summed E-state index contributed by atoms with van der Waals surface area (Å²) in [6.45, 7) is 1.26. The van der Waals surface area contributed by atoms with Crippen LogP contribution in [0.15, 0.2) is 42.5 Å². The lowest BCUT2D eigenvalue weighted by atomic mass is 10.0. The Hall–Kier alpha value is -3.48. The minimum atomic E-state index is -0.656. The highest BCUT2D eigenvalue weighted by Gasteiger charge is 2.40. The lowest BCUT2D eigenvalue weighted by Gasteiger charge is -2.12. The van der Waals surface area contributed by atoms with Crippen LogP contribution in [0, 0.1) is 0 Å². The second-order valence-corrected chi connectivity index (χ2v) is 5.49. The van der Waals surface area contributed by atoms with Crippen LogP contribution in [0.25, 0.3) is 11.3 Å². The Bertz CT molecular complexity index is 934. The summed E-state index contributed by atoms with van der Waals surface area (Å²) in [5.41, 5.74) is 1.32. The summed E-state index contributed by atoms with van der Waals surface area (Å²) in [5, 5.41) is 0. The fourth-order valence-corrected chi connectivity index (χ4v) is 2.82. The summed E-state index contributed by atoms with van der Waals surface area (Å²) in [4.78, 5) is 41.8.